The van der Waals surface area contributed by atoms with E-state index >= 15 is 0 Å². The first-order valence-electron chi connectivity index (χ1n) is 5.71. The van der Waals surface area contributed by atoms with Gasteiger partial charge in [-0.25, -0.2) is 0 Å². The molecule has 0 aliphatic heterocycles. The summed E-state index contributed by atoms with van der Waals surface area (Å²) in [5, 5.41) is 0. The standard InChI is InChI=1S/C10H20N2O4S/c1-4-8-7-9(8)11-17(14,15)12(2)6-5-10(13)16-3/h8-9,11H,4-7H2,1-3H3. The number of nitrogens with zero attached hydrogens (tertiary/aromatic N) is 1. The maximum atomic E-state index is 11.8. The highest BCUT2D eigenvalue weighted by Gasteiger charge is 2.39. The SMILES string of the molecule is CCC1CC1NS(=O)(=O)N(C)CCC(=O)OC. The van der Waals surface area contributed by atoms with Gasteiger partial charge in [0.1, 0.15) is 0 Å². The molecule has 2 unspecified atom stereocenters. The molecule has 0 aromatic heterocycles. The molecule has 1 saturated carbocycles. The second-order valence-corrected chi connectivity index (χ2v) is 6.09. The van der Waals surface area contributed by atoms with E-state index in [4.69, 9.17) is 0 Å². The molecule has 0 radical (unpaired) electrons. The Bertz CT molecular complexity index is 369. The number of hydrogen-bond acceptors (Lipinski definition) is 4. The summed E-state index contributed by atoms with van der Waals surface area (Å²) in [4.78, 5) is 10.9. The van der Waals surface area contributed by atoms with Gasteiger partial charge >= 0.3 is 5.97 Å². The van der Waals surface area contributed by atoms with Crippen LogP contribution < -0.4 is 4.72 Å². The van der Waals surface area contributed by atoms with Gasteiger partial charge in [-0.2, -0.15) is 17.4 Å². The van der Waals surface area contributed by atoms with Crippen molar-refractivity contribution in [2.24, 2.45) is 5.92 Å². The van der Waals surface area contributed by atoms with Crippen LogP contribution in [0.25, 0.3) is 0 Å². The smallest absolute Gasteiger partial charge is 0.306 e. The third-order valence-electron chi connectivity index (χ3n) is 3.02. The molecule has 0 heterocycles. The van der Waals surface area contributed by atoms with Crippen LogP contribution >= 0.6 is 0 Å². The normalized spacial score (nSPS) is 23.8. The Labute approximate surface area is 102 Å². The minimum absolute atomic E-state index is 0.0607. The van der Waals surface area contributed by atoms with Gasteiger partial charge in [-0.1, -0.05) is 13.3 Å². The molecule has 0 bridgehead atoms. The highest BCUT2D eigenvalue weighted by atomic mass is 32.2. The molecule has 1 aliphatic carbocycles. The van der Waals surface area contributed by atoms with Crippen LogP contribution in [0.2, 0.25) is 0 Å². The first-order chi connectivity index (χ1) is 7.90. The summed E-state index contributed by atoms with van der Waals surface area (Å²) in [7, 11) is -0.733. The molecular weight excluding hydrogens is 244 g/mol. The monoisotopic (exact) mass is 264 g/mol. The van der Waals surface area contributed by atoms with Crippen molar-refractivity contribution < 1.29 is 17.9 Å². The van der Waals surface area contributed by atoms with Gasteiger partial charge in [0.25, 0.3) is 10.2 Å². The van der Waals surface area contributed by atoms with Gasteiger partial charge in [0, 0.05) is 19.6 Å². The molecule has 0 aromatic rings. The van der Waals surface area contributed by atoms with Gasteiger partial charge < -0.3 is 4.74 Å². The minimum Gasteiger partial charge on any atom is -0.469 e. The van der Waals surface area contributed by atoms with Gasteiger partial charge in [0.2, 0.25) is 0 Å². The Balaban J connectivity index is 2.39. The van der Waals surface area contributed by atoms with Crippen LogP contribution in [0.4, 0.5) is 0 Å². The zero-order valence-electron chi connectivity index (χ0n) is 10.5. The number of carbonyl (C=O) groups is 1. The summed E-state index contributed by atoms with van der Waals surface area (Å²) in [6.45, 7) is 2.17. The lowest BCUT2D eigenvalue weighted by molar-refractivity contribution is -0.140. The topological polar surface area (TPSA) is 75.7 Å². The van der Waals surface area contributed by atoms with Gasteiger partial charge in [-0.15, -0.1) is 0 Å². The van der Waals surface area contributed by atoms with Gasteiger partial charge in [0.05, 0.1) is 13.5 Å². The lowest BCUT2D eigenvalue weighted by Gasteiger charge is -2.17. The maximum absolute atomic E-state index is 11.8. The van der Waals surface area contributed by atoms with E-state index in [0.717, 1.165) is 17.1 Å². The Kier molecular flexibility index (Phi) is 4.91. The number of hydrogen-bond donors (Lipinski definition) is 1. The molecule has 0 saturated heterocycles. The average Bonchev–Trinajstić information content (AvgIpc) is 3.02. The van der Waals surface area contributed by atoms with Crippen molar-refractivity contribution in [1.29, 1.82) is 0 Å². The first kappa shape index (κ1) is 14.4. The molecule has 7 heteroatoms. The molecule has 1 N–H and O–H groups in total. The van der Waals surface area contributed by atoms with Crippen molar-refractivity contribution in [2.45, 2.75) is 32.2 Å². The maximum Gasteiger partial charge on any atom is 0.306 e. The lowest BCUT2D eigenvalue weighted by Crippen LogP contribution is -2.40. The van der Waals surface area contributed by atoms with E-state index in [-0.39, 0.29) is 19.0 Å². The molecule has 0 aromatic carbocycles. The molecule has 17 heavy (non-hydrogen) atoms. The Morgan fingerprint density at radius 3 is 2.65 bits per heavy atom. The van der Waals surface area contributed by atoms with E-state index in [9.17, 15) is 13.2 Å². The summed E-state index contributed by atoms with van der Waals surface area (Å²) < 4.78 is 31.8. The summed E-state index contributed by atoms with van der Waals surface area (Å²) >= 11 is 0. The molecule has 0 amide bonds. The highest BCUT2D eigenvalue weighted by Crippen LogP contribution is 2.33. The van der Waals surface area contributed by atoms with E-state index in [0.29, 0.717) is 5.92 Å². The van der Waals surface area contributed by atoms with Crippen molar-refractivity contribution in [3.8, 4) is 0 Å². The predicted octanol–water partition coefficient (Wildman–Crippen LogP) is 0.114. The van der Waals surface area contributed by atoms with Crippen LogP contribution in [0.1, 0.15) is 26.2 Å². The van der Waals surface area contributed by atoms with Crippen molar-refractivity contribution in [1.82, 2.24) is 9.03 Å². The van der Waals surface area contributed by atoms with Gasteiger partial charge in [-0.3, -0.25) is 4.79 Å². The summed E-state index contributed by atoms with van der Waals surface area (Å²) in [6, 6.07) is 0.0607. The van der Waals surface area contributed by atoms with Crippen molar-refractivity contribution in [2.75, 3.05) is 20.7 Å². The summed E-state index contributed by atoms with van der Waals surface area (Å²) in [5.41, 5.74) is 0. The molecule has 100 valence electrons. The third kappa shape index (κ3) is 4.25. The first-order valence-corrected chi connectivity index (χ1v) is 7.15. The Morgan fingerprint density at radius 1 is 1.53 bits per heavy atom. The summed E-state index contributed by atoms with van der Waals surface area (Å²) in [5.74, 6) is 0.0451. The Hall–Kier alpha value is -0.660. The van der Waals surface area contributed by atoms with Crippen molar-refractivity contribution >= 4 is 16.2 Å². The molecule has 1 rings (SSSR count). The van der Waals surface area contributed by atoms with Crippen molar-refractivity contribution in [3.05, 3.63) is 0 Å². The largest absolute Gasteiger partial charge is 0.469 e. The number of nitrogens with one attached hydrogen (secondary N) is 1. The van der Waals surface area contributed by atoms with E-state index in [1.54, 1.807) is 0 Å². The number of methoxy groups -OCH3 is 1. The van der Waals surface area contributed by atoms with Crippen LogP contribution in [0.5, 0.6) is 0 Å². The van der Waals surface area contributed by atoms with Crippen LogP contribution in [0.3, 0.4) is 0 Å². The Morgan fingerprint density at radius 2 is 2.18 bits per heavy atom. The molecular formula is C10H20N2O4S. The number of ether oxygens (including phenoxy) is 1. The third-order valence-corrected chi connectivity index (χ3v) is 4.62. The number of carbonyl (C=O) groups excluding carboxylic acids is 1. The molecule has 2 atom stereocenters. The van der Waals surface area contributed by atoms with E-state index in [2.05, 4.69) is 9.46 Å². The highest BCUT2D eigenvalue weighted by molar-refractivity contribution is 7.87. The van der Waals surface area contributed by atoms with Crippen LogP contribution in [0.15, 0.2) is 0 Å². The van der Waals surface area contributed by atoms with Crippen LogP contribution in [0, 0.1) is 5.92 Å². The fraction of sp³-hybridized carbons (Fsp3) is 0.900. The fourth-order valence-corrected chi connectivity index (χ4v) is 2.78. The average molecular weight is 264 g/mol. The zero-order chi connectivity index (χ0) is 13.1. The predicted molar refractivity (Wildman–Crippen MR) is 63.5 cm³/mol. The molecule has 0 spiro atoms. The lowest BCUT2D eigenvalue weighted by atomic mass is 10.3. The number of rotatable bonds is 7. The second kappa shape index (κ2) is 5.79. The number of esters is 1. The fourth-order valence-electron chi connectivity index (χ4n) is 1.60. The summed E-state index contributed by atoms with van der Waals surface area (Å²) in [6.07, 6.45) is 1.95. The second-order valence-electron chi connectivity index (χ2n) is 4.28. The molecule has 6 nitrogen and oxygen atoms in total. The van der Waals surface area contributed by atoms with Gasteiger partial charge in [0.15, 0.2) is 0 Å². The van der Waals surface area contributed by atoms with Gasteiger partial charge in [-0.05, 0) is 12.3 Å². The van der Waals surface area contributed by atoms with E-state index < -0.39 is 16.2 Å². The van der Waals surface area contributed by atoms with Crippen LogP contribution in [-0.2, 0) is 19.7 Å². The zero-order valence-corrected chi connectivity index (χ0v) is 11.3. The quantitative estimate of drug-likeness (QED) is 0.662. The van der Waals surface area contributed by atoms with Crippen LogP contribution in [-0.4, -0.2) is 45.4 Å². The van der Waals surface area contributed by atoms with Crippen molar-refractivity contribution in [3.63, 3.8) is 0 Å². The molecule has 1 aliphatic rings. The van der Waals surface area contributed by atoms with E-state index in [1.807, 2.05) is 6.92 Å². The van der Waals surface area contributed by atoms with E-state index in [1.165, 1.54) is 14.2 Å². The molecule has 1 fully saturated rings. The minimum atomic E-state index is -3.47.